The van der Waals surface area contributed by atoms with Crippen molar-refractivity contribution in [1.29, 1.82) is 5.26 Å². The van der Waals surface area contributed by atoms with E-state index < -0.39 is 10.0 Å². The molecular formula is C14H17N3O3S. The number of amides is 1. The molecule has 1 aliphatic carbocycles. The molecule has 6 nitrogen and oxygen atoms in total. The van der Waals surface area contributed by atoms with Gasteiger partial charge >= 0.3 is 0 Å². The number of nitrogens with one attached hydrogen (secondary N) is 1. The SMILES string of the molecule is CN(CCC#N)C(=O)c1ccc(S(=O)(=O)NC2CC2)cc1. The van der Waals surface area contributed by atoms with Crippen LogP contribution in [-0.2, 0) is 10.0 Å². The highest BCUT2D eigenvalue weighted by Gasteiger charge is 2.28. The quantitative estimate of drug-likeness (QED) is 0.852. The van der Waals surface area contributed by atoms with Crippen LogP contribution in [0, 0.1) is 11.3 Å². The summed E-state index contributed by atoms with van der Waals surface area (Å²) < 4.78 is 26.6. The number of hydrogen-bond donors (Lipinski definition) is 1. The molecule has 1 fully saturated rings. The average Bonchev–Trinajstić information content (AvgIpc) is 3.27. The van der Waals surface area contributed by atoms with E-state index in [0.717, 1.165) is 12.8 Å². The molecule has 1 aliphatic rings. The molecule has 0 heterocycles. The van der Waals surface area contributed by atoms with Gasteiger partial charge in [-0.05, 0) is 37.1 Å². The number of carbonyl (C=O) groups is 1. The molecule has 7 heteroatoms. The normalized spacial score (nSPS) is 14.5. The zero-order chi connectivity index (χ0) is 15.5. The van der Waals surface area contributed by atoms with Crippen LogP contribution in [0.1, 0.15) is 29.6 Å². The molecule has 1 saturated carbocycles. The van der Waals surface area contributed by atoms with Crippen molar-refractivity contribution in [3.8, 4) is 6.07 Å². The number of benzene rings is 1. The molecule has 21 heavy (non-hydrogen) atoms. The number of nitriles is 1. The van der Waals surface area contributed by atoms with Crippen LogP contribution in [-0.4, -0.2) is 38.9 Å². The third-order valence-corrected chi connectivity index (χ3v) is 4.75. The van der Waals surface area contributed by atoms with E-state index in [1.807, 2.05) is 6.07 Å². The molecule has 1 aromatic carbocycles. The minimum atomic E-state index is -3.49. The lowest BCUT2D eigenvalue weighted by Crippen LogP contribution is -2.28. The van der Waals surface area contributed by atoms with Crippen LogP contribution >= 0.6 is 0 Å². The Balaban J connectivity index is 2.08. The van der Waals surface area contributed by atoms with E-state index in [1.54, 1.807) is 7.05 Å². The van der Waals surface area contributed by atoms with Crippen molar-refractivity contribution in [2.45, 2.75) is 30.2 Å². The maximum atomic E-state index is 12.1. The van der Waals surface area contributed by atoms with Crippen molar-refractivity contribution >= 4 is 15.9 Å². The third-order valence-electron chi connectivity index (χ3n) is 3.22. The molecule has 1 amide bonds. The lowest BCUT2D eigenvalue weighted by atomic mass is 10.2. The summed E-state index contributed by atoms with van der Waals surface area (Å²) in [7, 11) is -1.88. The van der Waals surface area contributed by atoms with Gasteiger partial charge in [0.1, 0.15) is 0 Å². The molecule has 1 N–H and O–H groups in total. The summed E-state index contributed by atoms with van der Waals surface area (Å²) >= 11 is 0. The first-order valence-electron chi connectivity index (χ1n) is 6.69. The molecule has 2 rings (SSSR count). The lowest BCUT2D eigenvalue weighted by Gasteiger charge is -2.15. The van der Waals surface area contributed by atoms with Gasteiger partial charge in [0.25, 0.3) is 5.91 Å². The van der Waals surface area contributed by atoms with Gasteiger partial charge < -0.3 is 4.90 Å². The van der Waals surface area contributed by atoms with Crippen molar-refractivity contribution in [1.82, 2.24) is 9.62 Å². The molecule has 0 aliphatic heterocycles. The van der Waals surface area contributed by atoms with E-state index in [0.29, 0.717) is 12.1 Å². The summed E-state index contributed by atoms with van der Waals surface area (Å²) in [5.74, 6) is -0.232. The van der Waals surface area contributed by atoms with Gasteiger partial charge in [-0.2, -0.15) is 5.26 Å². The van der Waals surface area contributed by atoms with Gasteiger partial charge in [0, 0.05) is 25.2 Å². The van der Waals surface area contributed by atoms with Gasteiger partial charge in [-0.3, -0.25) is 4.79 Å². The standard InChI is InChI=1S/C14H17N3O3S/c1-17(10-2-9-15)14(18)11-3-7-13(8-4-11)21(19,20)16-12-5-6-12/h3-4,7-8,12,16H,2,5-6,10H2,1H3. The Labute approximate surface area is 124 Å². The lowest BCUT2D eigenvalue weighted by molar-refractivity contribution is 0.0798. The van der Waals surface area contributed by atoms with Crippen molar-refractivity contribution in [3.63, 3.8) is 0 Å². The Morgan fingerprint density at radius 2 is 2.00 bits per heavy atom. The van der Waals surface area contributed by atoms with Crippen LogP contribution in [0.25, 0.3) is 0 Å². The minimum Gasteiger partial charge on any atom is -0.341 e. The summed E-state index contributed by atoms with van der Waals surface area (Å²) in [6.07, 6.45) is 2.01. The Hall–Kier alpha value is -1.91. The van der Waals surface area contributed by atoms with Gasteiger partial charge in [-0.25, -0.2) is 13.1 Å². The first-order chi connectivity index (χ1) is 9.94. The average molecular weight is 307 g/mol. The van der Waals surface area contributed by atoms with E-state index in [2.05, 4.69) is 4.72 Å². The molecule has 0 bridgehead atoms. The van der Waals surface area contributed by atoms with Gasteiger partial charge in [-0.15, -0.1) is 0 Å². The van der Waals surface area contributed by atoms with E-state index in [9.17, 15) is 13.2 Å². The fourth-order valence-corrected chi connectivity index (χ4v) is 3.11. The van der Waals surface area contributed by atoms with Crippen LogP contribution in [0.5, 0.6) is 0 Å². The van der Waals surface area contributed by atoms with E-state index in [4.69, 9.17) is 5.26 Å². The first kappa shape index (κ1) is 15.5. The summed E-state index contributed by atoms with van der Waals surface area (Å²) in [6, 6.07) is 7.86. The second-order valence-corrected chi connectivity index (χ2v) is 6.77. The largest absolute Gasteiger partial charge is 0.341 e. The van der Waals surface area contributed by atoms with Crippen LogP contribution in [0.4, 0.5) is 0 Å². The Morgan fingerprint density at radius 3 is 2.52 bits per heavy atom. The topological polar surface area (TPSA) is 90.3 Å². The molecule has 112 valence electrons. The minimum absolute atomic E-state index is 0.0495. The van der Waals surface area contributed by atoms with Crippen LogP contribution in [0.2, 0.25) is 0 Å². The van der Waals surface area contributed by atoms with Crippen molar-refractivity contribution in [2.75, 3.05) is 13.6 Å². The number of hydrogen-bond acceptors (Lipinski definition) is 4. The Morgan fingerprint density at radius 1 is 1.38 bits per heavy atom. The van der Waals surface area contributed by atoms with Crippen LogP contribution in [0.3, 0.4) is 0 Å². The molecule has 0 saturated heterocycles. The highest BCUT2D eigenvalue weighted by molar-refractivity contribution is 7.89. The van der Waals surface area contributed by atoms with Crippen molar-refractivity contribution in [3.05, 3.63) is 29.8 Å². The molecule has 1 aromatic rings. The van der Waals surface area contributed by atoms with E-state index in [1.165, 1.54) is 29.2 Å². The van der Waals surface area contributed by atoms with Crippen LogP contribution in [0.15, 0.2) is 29.2 Å². The molecule has 0 spiro atoms. The maximum Gasteiger partial charge on any atom is 0.253 e. The summed E-state index contributed by atoms with van der Waals surface area (Å²) in [5.41, 5.74) is 0.404. The zero-order valence-corrected chi connectivity index (χ0v) is 12.6. The highest BCUT2D eigenvalue weighted by atomic mass is 32.2. The Kier molecular flexibility index (Phi) is 4.60. The second kappa shape index (κ2) is 6.24. The second-order valence-electron chi connectivity index (χ2n) is 5.05. The fraction of sp³-hybridized carbons (Fsp3) is 0.429. The smallest absolute Gasteiger partial charge is 0.253 e. The predicted molar refractivity (Wildman–Crippen MR) is 77.0 cm³/mol. The Bertz CT molecular complexity index is 658. The van der Waals surface area contributed by atoms with E-state index in [-0.39, 0.29) is 23.3 Å². The third kappa shape index (κ3) is 4.03. The van der Waals surface area contributed by atoms with E-state index >= 15 is 0 Å². The molecule has 0 aromatic heterocycles. The first-order valence-corrected chi connectivity index (χ1v) is 8.17. The fourth-order valence-electron chi connectivity index (χ4n) is 1.80. The van der Waals surface area contributed by atoms with Gasteiger partial charge in [0.05, 0.1) is 17.4 Å². The molecular weight excluding hydrogens is 290 g/mol. The van der Waals surface area contributed by atoms with Gasteiger partial charge in [-0.1, -0.05) is 0 Å². The summed E-state index contributed by atoms with van der Waals surface area (Å²) in [4.78, 5) is 13.6. The number of rotatable bonds is 6. The van der Waals surface area contributed by atoms with Crippen molar-refractivity contribution < 1.29 is 13.2 Å². The predicted octanol–water partition coefficient (Wildman–Crippen LogP) is 1.11. The zero-order valence-electron chi connectivity index (χ0n) is 11.7. The maximum absolute atomic E-state index is 12.1. The molecule has 0 unspecified atom stereocenters. The number of sulfonamides is 1. The van der Waals surface area contributed by atoms with Gasteiger partial charge in [0.2, 0.25) is 10.0 Å². The summed E-state index contributed by atoms with van der Waals surface area (Å²) in [5, 5.41) is 8.51. The molecule has 0 radical (unpaired) electrons. The number of nitrogens with zero attached hydrogens (tertiary/aromatic N) is 2. The monoisotopic (exact) mass is 307 g/mol. The van der Waals surface area contributed by atoms with Gasteiger partial charge in [0.15, 0.2) is 0 Å². The highest BCUT2D eigenvalue weighted by Crippen LogP contribution is 2.22. The summed E-state index contributed by atoms with van der Waals surface area (Å²) in [6.45, 7) is 0.346. The van der Waals surface area contributed by atoms with Crippen LogP contribution < -0.4 is 4.72 Å². The molecule has 0 atom stereocenters. The van der Waals surface area contributed by atoms with Crippen molar-refractivity contribution in [2.24, 2.45) is 0 Å². The number of carbonyl (C=O) groups excluding carboxylic acids is 1.